The minimum absolute atomic E-state index is 0.400. The van der Waals surface area contributed by atoms with Crippen molar-refractivity contribution < 1.29 is 14.6 Å². The zero-order valence-electron chi connectivity index (χ0n) is 10.5. The Labute approximate surface area is 111 Å². The molecule has 4 nitrogen and oxygen atoms in total. The minimum atomic E-state index is -1.04. The lowest BCUT2D eigenvalue weighted by molar-refractivity contribution is -0.131. The van der Waals surface area contributed by atoms with Crippen LogP contribution in [0.15, 0.2) is 24.3 Å². The second-order valence-corrected chi connectivity index (χ2v) is 4.75. The average Bonchev–Trinajstić information content (AvgIpc) is 2.29. The van der Waals surface area contributed by atoms with Gasteiger partial charge in [-0.25, -0.2) is 4.79 Å². The molecule has 0 aliphatic heterocycles. The standard InChI is InChI=1S/C13H16ClNO3/c1-13(2,18-3)9(7-12(16)17)8-4-5-10(14)11(15)6-8/h4-7H,15H2,1-3H3,(H,16,17)/b9-7-. The van der Waals surface area contributed by atoms with E-state index < -0.39 is 11.6 Å². The molecule has 1 aromatic carbocycles. The second-order valence-electron chi connectivity index (χ2n) is 4.35. The van der Waals surface area contributed by atoms with Crippen LogP contribution < -0.4 is 5.73 Å². The summed E-state index contributed by atoms with van der Waals surface area (Å²) in [7, 11) is 1.52. The second kappa shape index (κ2) is 5.42. The van der Waals surface area contributed by atoms with Crippen LogP contribution in [0.5, 0.6) is 0 Å². The summed E-state index contributed by atoms with van der Waals surface area (Å²) < 4.78 is 5.32. The highest BCUT2D eigenvalue weighted by Gasteiger charge is 2.25. The Hall–Kier alpha value is -1.52. The first-order valence-electron chi connectivity index (χ1n) is 5.33. The lowest BCUT2D eigenvalue weighted by Crippen LogP contribution is -2.25. The van der Waals surface area contributed by atoms with Crippen LogP contribution in [0.3, 0.4) is 0 Å². The Morgan fingerprint density at radius 3 is 2.56 bits per heavy atom. The van der Waals surface area contributed by atoms with Gasteiger partial charge in [-0.1, -0.05) is 17.7 Å². The summed E-state index contributed by atoms with van der Waals surface area (Å²) in [6.45, 7) is 3.57. The van der Waals surface area contributed by atoms with Gasteiger partial charge in [-0.15, -0.1) is 0 Å². The van der Waals surface area contributed by atoms with Gasteiger partial charge in [0.05, 0.1) is 16.3 Å². The third-order valence-corrected chi connectivity index (χ3v) is 3.08. The van der Waals surface area contributed by atoms with Gasteiger partial charge in [-0.05, 0) is 37.1 Å². The monoisotopic (exact) mass is 269 g/mol. The highest BCUT2D eigenvalue weighted by Crippen LogP contribution is 2.32. The number of carboxylic acid groups (broad SMARTS) is 1. The molecule has 0 atom stereocenters. The number of hydrogen-bond donors (Lipinski definition) is 2. The molecule has 0 heterocycles. The van der Waals surface area contributed by atoms with Crippen LogP contribution in [-0.4, -0.2) is 23.8 Å². The SMILES string of the molecule is COC(C)(C)/C(=C\C(=O)O)c1ccc(Cl)c(N)c1. The van der Waals surface area contributed by atoms with Crippen molar-refractivity contribution in [3.63, 3.8) is 0 Å². The quantitative estimate of drug-likeness (QED) is 0.651. The molecule has 0 aliphatic rings. The topological polar surface area (TPSA) is 72.5 Å². The average molecular weight is 270 g/mol. The van der Waals surface area contributed by atoms with Crippen molar-refractivity contribution in [1.82, 2.24) is 0 Å². The largest absolute Gasteiger partial charge is 0.478 e. The summed E-state index contributed by atoms with van der Waals surface area (Å²) in [6, 6.07) is 4.99. The fourth-order valence-corrected chi connectivity index (χ4v) is 1.67. The lowest BCUT2D eigenvalue weighted by atomic mass is 9.90. The zero-order chi connectivity index (χ0) is 13.9. The number of nitrogens with two attached hydrogens (primary N) is 1. The molecule has 0 saturated heterocycles. The van der Waals surface area contributed by atoms with E-state index >= 15 is 0 Å². The Kier molecular flexibility index (Phi) is 4.38. The Balaban J connectivity index is 3.36. The van der Waals surface area contributed by atoms with Crippen molar-refractivity contribution in [1.29, 1.82) is 0 Å². The van der Waals surface area contributed by atoms with E-state index in [-0.39, 0.29) is 0 Å². The number of nitrogen functional groups attached to an aromatic ring is 1. The third kappa shape index (κ3) is 3.24. The number of carbonyl (C=O) groups is 1. The first-order valence-corrected chi connectivity index (χ1v) is 5.71. The zero-order valence-corrected chi connectivity index (χ0v) is 11.3. The number of anilines is 1. The maximum absolute atomic E-state index is 10.9. The number of methoxy groups -OCH3 is 1. The van der Waals surface area contributed by atoms with Gasteiger partial charge in [-0.2, -0.15) is 0 Å². The molecule has 1 aromatic rings. The molecular formula is C13H16ClNO3. The summed E-state index contributed by atoms with van der Waals surface area (Å²) >= 11 is 5.85. The van der Waals surface area contributed by atoms with E-state index in [1.165, 1.54) is 7.11 Å². The molecule has 0 aliphatic carbocycles. The van der Waals surface area contributed by atoms with Crippen molar-refractivity contribution in [3.05, 3.63) is 34.9 Å². The molecule has 0 fully saturated rings. The van der Waals surface area contributed by atoms with E-state index in [1.54, 1.807) is 32.0 Å². The van der Waals surface area contributed by atoms with Crippen molar-refractivity contribution in [2.45, 2.75) is 19.4 Å². The number of rotatable bonds is 4. The van der Waals surface area contributed by atoms with Crippen LogP contribution in [0.1, 0.15) is 19.4 Å². The molecule has 0 bridgehead atoms. The molecule has 0 unspecified atom stereocenters. The maximum atomic E-state index is 10.9. The van der Waals surface area contributed by atoms with Crippen LogP contribution in [0, 0.1) is 0 Å². The summed E-state index contributed by atoms with van der Waals surface area (Å²) in [5.41, 5.74) is 6.59. The highest BCUT2D eigenvalue weighted by molar-refractivity contribution is 6.33. The first kappa shape index (κ1) is 14.5. The molecule has 0 saturated carbocycles. The maximum Gasteiger partial charge on any atom is 0.328 e. The van der Waals surface area contributed by atoms with Gasteiger partial charge in [0.1, 0.15) is 0 Å². The third-order valence-electron chi connectivity index (χ3n) is 2.73. The summed E-state index contributed by atoms with van der Waals surface area (Å²) in [6.07, 6.45) is 1.12. The summed E-state index contributed by atoms with van der Waals surface area (Å²) in [5.74, 6) is -1.04. The van der Waals surface area contributed by atoms with Crippen molar-refractivity contribution >= 4 is 28.8 Å². The molecular weight excluding hydrogens is 254 g/mol. The van der Waals surface area contributed by atoms with Gasteiger partial charge < -0.3 is 15.6 Å². The molecule has 5 heteroatoms. The number of hydrogen-bond acceptors (Lipinski definition) is 3. The van der Waals surface area contributed by atoms with Crippen LogP contribution in [0.2, 0.25) is 5.02 Å². The van der Waals surface area contributed by atoms with Crippen LogP contribution >= 0.6 is 11.6 Å². The molecule has 0 aromatic heterocycles. The fraction of sp³-hybridized carbons (Fsp3) is 0.308. The molecule has 0 amide bonds. The minimum Gasteiger partial charge on any atom is -0.478 e. The predicted octanol–water partition coefficient (Wildman–Crippen LogP) is 2.82. The van der Waals surface area contributed by atoms with E-state index in [0.717, 1.165) is 6.08 Å². The van der Waals surface area contributed by atoms with Crippen molar-refractivity contribution in [2.24, 2.45) is 0 Å². The summed E-state index contributed by atoms with van der Waals surface area (Å²) in [5, 5.41) is 9.37. The smallest absolute Gasteiger partial charge is 0.328 e. The van der Waals surface area contributed by atoms with Crippen molar-refractivity contribution in [3.8, 4) is 0 Å². The molecule has 1 rings (SSSR count). The highest BCUT2D eigenvalue weighted by atomic mass is 35.5. The Morgan fingerprint density at radius 2 is 2.11 bits per heavy atom. The number of aliphatic carboxylic acids is 1. The van der Waals surface area contributed by atoms with Crippen LogP contribution in [0.25, 0.3) is 5.57 Å². The van der Waals surface area contributed by atoms with E-state index in [2.05, 4.69) is 0 Å². The van der Waals surface area contributed by atoms with Crippen LogP contribution in [0.4, 0.5) is 5.69 Å². The van der Waals surface area contributed by atoms with Gasteiger partial charge >= 0.3 is 5.97 Å². The fourth-order valence-electron chi connectivity index (χ4n) is 1.55. The van der Waals surface area contributed by atoms with E-state index in [4.69, 9.17) is 27.2 Å². The van der Waals surface area contributed by atoms with Crippen molar-refractivity contribution in [2.75, 3.05) is 12.8 Å². The van der Waals surface area contributed by atoms with Gasteiger partial charge in [-0.3, -0.25) is 0 Å². The molecule has 0 spiro atoms. The van der Waals surface area contributed by atoms with Gasteiger partial charge in [0, 0.05) is 13.2 Å². The number of halogens is 1. The van der Waals surface area contributed by atoms with Crippen LogP contribution in [-0.2, 0) is 9.53 Å². The summed E-state index contributed by atoms with van der Waals surface area (Å²) in [4.78, 5) is 10.9. The van der Waals surface area contributed by atoms with E-state index in [0.29, 0.717) is 21.8 Å². The van der Waals surface area contributed by atoms with E-state index in [1.807, 2.05) is 0 Å². The van der Waals surface area contributed by atoms with Gasteiger partial charge in [0.25, 0.3) is 0 Å². The van der Waals surface area contributed by atoms with E-state index in [9.17, 15) is 4.79 Å². The number of benzene rings is 1. The molecule has 18 heavy (non-hydrogen) atoms. The number of carboxylic acids is 1. The van der Waals surface area contributed by atoms with Gasteiger partial charge in [0.15, 0.2) is 0 Å². The lowest BCUT2D eigenvalue weighted by Gasteiger charge is -2.26. The number of ether oxygens (including phenoxy) is 1. The Bertz CT molecular complexity index is 495. The Morgan fingerprint density at radius 1 is 1.50 bits per heavy atom. The normalized spacial score (nSPS) is 12.6. The molecule has 0 radical (unpaired) electrons. The molecule has 3 N–H and O–H groups in total. The predicted molar refractivity (Wildman–Crippen MR) is 72.6 cm³/mol. The molecule has 98 valence electrons. The van der Waals surface area contributed by atoms with Gasteiger partial charge in [0.2, 0.25) is 0 Å². The first-order chi connectivity index (χ1) is 8.27.